The molecule has 0 radical (unpaired) electrons. The molecule has 0 aliphatic heterocycles. The minimum Gasteiger partial charge on any atom is -0.454 e. The quantitative estimate of drug-likeness (QED) is 0.289. The van der Waals surface area contributed by atoms with Crippen molar-refractivity contribution >= 4 is 28.4 Å². The molecule has 0 aliphatic carbocycles. The summed E-state index contributed by atoms with van der Waals surface area (Å²) in [6.07, 6.45) is -0.449. The van der Waals surface area contributed by atoms with E-state index in [2.05, 4.69) is 32.7 Å². The standard InChI is InChI=1S/C17H28O6Si2/c1-24(2,3)23-25(4,5)13-21-12-15(11-18)22-17(20)16(19)14-9-7-6-8-10-14/h6-10,15,18H,11-13H2,1-5H3. The van der Waals surface area contributed by atoms with E-state index in [1.165, 1.54) is 12.1 Å². The van der Waals surface area contributed by atoms with E-state index in [0.29, 0.717) is 6.23 Å². The predicted octanol–water partition coefficient (Wildman–Crippen LogP) is 2.39. The first-order valence-corrected chi connectivity index (χ1v) is 14.8. The monoisotopic (exact) mass is 384 g/mol. The number of aliphatic hydroxyl groups excluding tert-OH is 1. The summed E-state index contributed by atoms with van der Waals surface area (Å²) in [5.41, 5.74) is 0.252. The number of aliphatic hydroxyl groups is 1. The number of Topliss-reactive ketones (excluding diaryl/α,β-unsaturated/α-hetero) is 1. The van der Waals surface area contributed by atoms with E-state index in [-0.39, 0.29) is 12.2 Å². The van der Waals surface area contributed by atoms with E-state index >= 15 is 0 Å². The van der Waals surface area contributed by atoms with Crippen LogP contribution in [0.15, 0.2) is 30.3 Å². The van der Waals surface area contributed by atoms with E-state index in [1.54, 1.807) is 18.2 Å². The van der Waals surface area contributed by atoms with Crippen LogP contribution in [0.2, 0.25) is 32.7 Å². The molecule has 0 amide bonds. The van der Waals surface area contributed by atoms with Crippen molar-refractivity contribution in [1.82, 2.24) is 0 Å². The number of rotatable bonds is 10. The maximum Gasteiger partial charge on any atom is 0.380 e. The molecule has 1 aromatic rings. The molecule has 0 fully saturated rings. The normalized spacial score (nSPS) is 13.4. The molecule has 1 N–H and O–H groups in total. The summed E-state index contributed by atoms with van der Waals surface area (Å²) in [5, 5.41) is 9.36. The number of benzene rings is 1. The Labute approximate surface area is 151 Å². The van der Waals surface area contributed by atoms with E-state index in [9.17, 15) is 14.7 Å². The van der Waals surface area contributed by atoms with Gasteiger partial charge in [0.05, 0.1) is 19.4 Å². The Morgan fingerprint density at radius 1 is 1.08 bits per heavy atom. The lowest BCUT2D eigenvalue weighted by atomic mass is 10.1. The van der Waals surface area contributed by atoms with Crippen LogP contribution in [0.3, 0.4) is 0 Å². The van der Waals surface area contributed by atoms with E-state index < -0.39 is 41.1 Å². The molecule has 0 bridgehead atoms. The van der Waals surface area contributed by atoms with Crippen LogP contribution in [0.1, 0.15) is 10.4 Å². The fourth-order valence-corrected chi connectivity index (χ4v) is 9.81. The Hall–Kier alpha value is -1.33. The second kappa shape index (κ2) is 9.39. The third-order valence-electron chi connectivity index (χ3n) is 3.03. The van der Waals surface area contributed by atoms with Crippen molar-refractivity contribution < 1.29 is 28.3 Å². The van der Waals surface area contributed by atoms with Crippen LogP contribution in [-0.4, -0.2) is 59.0 Å². The fraction of sp³-hybridized carbons (Fsp3) is 0.529. The molecule has 0 heterocycles. The summed E-state index contributed by atoms with van der Waals surface area (Å²) in [5.74, 6) is -1.74. The summed E-state index contributed by atoms with van der Waals surface area (Å²) in [6.45, 7) is 10.1. The van der Waals surface area contributed by atoms with Gasteiger partial charge in [0.1, 0.15) is 6.10 Å². The van der Waals surface area contributed by atoms with Gasteiger partial charge in [0.2, 0.25) is 0 Å². The number of esters is 1. The zero-order chi connectivity index (χ0) is 19.1. The summed E-state index contributed by atoms with van der Waals surface area (Å²) in [7, 11) is -3.64. The van der Waals surface area contributed by atoms with Crippen molar-refractivity contribution in [3.63, 3.8) is 0 Å². The maximum absolute atomic E-state index is 12.0. The molecule has 0 aliphatic rings. The highest BCUT2D eigenvalue weighted by Gasteiger charge is 2.30. The first-order valence-electron chi connectivity index (χ1n) is 8.23. The van der Waals surface area contributed by atoms with Gasteiger partial charge < -0.3 is 18.7 Å². The number of hydrogen-bond acceptors (Lipinski definition) is 6. The average molecular weight is 385 g/mol. The van der Waals surface area contributed by atoms with Crippen molar-refractivity contribution in [2.45, 2.75) is 38.8 Å². The second-order valence-electron chi connectivity index (χ2n) is 7.39. The van der Waals surface area contributed by atoms with Crippen LogP contribution < -0.4 is 0 Å². The molecule has 6 nitrogen and oxygen atoms in total. The largest absolute Gasteiger partial charge is 0.454 e. The highest BCUT2D eigenvalue weighted by Crippen LogP contribution is 2.14. The third-order valence-corrected chi connectivity index (χ3v) is 8.59. The Kier molecular flexibility index (Phi) is 8.16. The van der Waals surface area contributed by atoms with Gasteiger partial charge in [-0.15, -0.1) is 0 Å². The first-order chi connectivity index (χ1) is 11.5. The van der Waals surface area contributed by atoms with Gasteiger partial charge in [0.25, 0.3) is 5.78 Å². The number of carbonyl (C=O) groups excluding carboxylic acids is 2. The molecule has 140 valence electrons. The maximum atomic E-state index is 12.0. The topological polar surface area (TPSA) is 82.1 Å². The van der Waals surface area contributed by atoms with Gasteiger partial charge in [0.15, 0.2) is 16.6 Å². The van der Waals surface area contributed by atoms with Gasteiger partial charge in [-0.25, -0.2) is 4.79 Å². The van der Waals surface area contributed by atoms with Crippen molar-refractivity contribution in [2.24, 2.45) is 0 Å². The van der Waals surface area contributed by atoms with Gasteiger partial charge in [-0.05, 0) is 32.7 Å². The van der Waals surface area contributed by atoms with E-state index in [4.69, 9.17) is 13.6 Å². The van der Waals surface area contributed by atoms with Crippen LogP contribution in [0, 0.1) is 0 Å². The van der Waals surface area contributed by atoms with E-state index in [1.807, 2.05) is 0 Å². The molecule has 1 rings (SSSR count). The lowest BCUT2D eigenvalue weighted by Crippen LogP contribution is -2.46. The third kappa shape index (κ3) is 8.55. The van der Waals surface area contributed by atoms with Crippen LogP contribution >= 0.6 is 0 Å². The first kappa shape index (κ1) is 21.7. The molecule has 1 aromatic carbocycles. The Morgan fingerprint density at radius 3 is 2.20 bits per heavy atom. The Balaban J connectivity index is 2.49. The predicted molar refractivity (Wildman–Crippen MR) is 100 cm³/mol. The van der Waals surface area contributed by atoms with Crippen molar-refractivity contribution in [3.8, 4) is 0 Å². The minimum absolute atomic E-state index is 0.0236. The van der Waals surface area contributed by atoms with Gasteiger partial charge in [0, 0.05) is 5.56 Å². The molecule has 8 heteroatoms. The van der Waals surface area contributed by atoms with Crippen molar-refractivity contribution in [3.05, 3.63) is 35.9 Å². The molecule has 0 aromatic heterocycles. The summed E-state index contributed by atoms with van der Waals surface area (Å²) in [6, 6.07) is 8.16. The molecule has 25 heavy (non-hydrogen) atoms. The lowest BCUT2D eigenvalue weighted by molar-refractivity contribution is -0.148. The van der Waals surface area contributed by atoms with Crippen LogP contribution in [0.5, 0.6) is 0 Å². The lowest BCUT2D eigenvalue weighted by Gasteiger charge is -2.31. The molecule has 1 unspecified atom stereocenters. The minimum atomic E-state index is -1.98. The highest BCUT2D eigenvalue weighted by atomic mass is 28.4. The molecule has 1 atom stereocenters. The SMILES string of the molecule is C[Si](C)(C)O[Si](C)(C)COCC(CO)OC(=O)C(=O)c1ccccc1. The Morgan fingerprint density at radius 2 is 1.68 bits per heavy atom. The summed E-state index contributed by atoms with van der Waals surface area (Å²) >= 11 is 0. The number of hydrogen-bond donors (Lipinski definition) is 1. The highest BCUT2D eigenvalue weighted by molar-refractivity contribution is 6.84. The van der Waals surface area contributed by atoms with Gasteiger partial charge in [-0.2, -0.15) is 0 Å². The molecular formula is C17H28O6Si2. The zero-order valence-electron chi connectivity index (χ0n) is 15.6. The Bertz CT molecular complexity index is 568. The zero-order valence-corrected chi connectivity index (χ0v) is 17.6. The molecular weight excluding hydrogens is 356 g/mol. The van der Waals surface area contributed by atoms with Gasteiger partial charge in [-0.3, -0.25) is 4.79 Å². The van der Waals surface area contributed by atoms with Gasteiger partial charge in [-0.1, -0.05) is 30.3 Å². The van der Waals surface area contributed by atoms with Crippen molar-refractivity contribution in [1.29, 1.82) is 0 Å². The van der Waals surface area contributed by atoms with E-state index in [0.717, 1.165) is 0 Å². The summed E-state index contributed by atoms with van der Waals surface area (Å²) in [4.78, 5) is 23.9. The number of ether oxygens (including phenoxy) is 2. The second-order valence-corrected chi connectivity index (χ2v) is 16.2. The molecule has 0 saturated heterocycles. The number of carbonyl (C=O) groups is 2. The molecule has 0 saturated carbocycles. The fourth-order valence-electron chi connectivity index (χ4n) is 2.33. The van der Waals surface area contributed by atoms with Crippen LogP contribution in [0.4, 0.5) is 0 Å². The molecule has 0 spiro atoms. The average Bonchev–Trinajstić information content (AvgIpc) is 2.51. The van der Waals surface area contributed by atoms with Crippen LogP contribution in [-0.2, 0) is 18.4 Å². The summed E-state index contributed by atoms with van der Waals surface area (Å²) < 4.78 is 16.8. The van der Waals surface area contributed by atoms with Crippen LogP contribution in [0.25, 0.3) is 0 Å². The smallest absolute Gasteiger partial charge is 0.380 e. The number of ketones is 1. The van der Waals surface area contributed by atoms with Gasteiger partial charge >= 0.3 is 5.97 Å². The van der Waals surface area contributed by atoms with Crippen molar-refractivity contribution in [2.75, 3.05) is 19.4 Å².